The average Bonchev–Trinajstić information content (AvgIpc) is 1.85. The van der Waals surface area contributed by atoms with Crippen molar-refractivity contribution in [2.75, 3.05) is 5.75 Å². The predicted octanol–water partition coefficient (Wildman–Crippen LogP) is 0.195. The molecule has 0 saturated heterocycles. The smallest absolute Gasteiger partial charge is 0.324 e. The van der Waals surface area contributed by atoms with Gasteiger partial charge in [-0.25, -0.2) is 0 Å². The summed E-state index contributed by atoms with van der Waals surface area (Å²) in [7, 11) is 0. The van der Waals surface area contributed by atoms with E-state index < -0.39 is 6.04 Å². The van der Waals surface area contributed by atoms with Crippen LogP contribution in [0.5, 0.6) is 0 Å². The number of carbonyl (C=O) groups is 1. The summed E-state index contributed by atoms with van der Waals surface area (Å²) in [5.74, 6) is -0.0593. The summed E-state index contributed by atoms with van der Waals surface area (Å²) < 4.78 is 4.79. The number of hydrogen-bond acceptors (Lipinski definition) is 4. The predicted molar refractivity (Wildman–Crippen MR) is 43.1 cm³/mol. The molecule has 10 heavy (non-hydrogen) atoms. The molecule has 0 heterocycles. The molecule has 0 bridgehead atoms. The average molecular weight is 163 g/mol. The zero-order valence-corrected chi connectivity index (χ0v) is 7.10. The largest absolute Gasteiger partial charge is 0.462 e. The summed E-state index contributed by atoms with van der Waals surface area (Å²) in [5.41, 5.74) is 5.31. The van der Waals surface area contributed by atoms with Gasteiger partial charge in [-0.2, -0.15) is 12.6 Å². The minimum absolute atomic E-state index is 0.0987. The lowest BCUT2D eigenvalue weighted by Crippen LogP contribution is -2.35. The van der Waals surface area contributed by atoms with Crippen molar-refractivity contribution in [2.24, 2.45) is 5.73 Å². The topological polar surface area (TPSA) is 52.3 Å². The second-order valence-electron chi connectivity index (χ2n) is 2.27. The van der Waals surface area contributed by atoms with E-state index in [9.17, 15) is 4.79 Å². The highest BCUT2D eigenvalue weighted by Crippen LogP contribution is 1.93. The van der Waals surface area contributed by atoms with Crippen molar-refractivity contribution >= 4 is 18.6 Å². The van der Waals surface area contributed by atoms with Crippen molar-refractivity contribution in [3.05, 3.63) is 0 Å². The van der Waals surface area contributed by atoms with Crippen LogP contribution in [-0.4, -0.2) is 23.9 Å². The molecule has 0 aromatic carbocycles. The van der Waals surface area contributed by atoms with Crippen LogP contribution in [0.2, 0.25) is 0 Å². The van der Waals surface area contributed by atoms with Gasteiger partial charge in [0.1, 0.15) is 6.04 Å². The summed E-state index contributed by atoms with van der Waals surface area (Å²) in [5, 5.41) is 0. The third kappa shape index (κ3) is 3.74. The lowest BCUT2D eigenvalue weighted by atomic mass is 10.3. The molecule has 0 aliphatic heterocycles. The van der Waals surface area contributed by atoms with Gasteiger partial charge in [-0.1, -0.05) is 0 Å². The van der Waals surface area contributed by atoms with Crippen molar-refractivity contribution in [3.8, 4) is 0 Å². The summed E-state index contributed by atoms with van der Waals surface area (Å²) in [6, 6.07) is -0.592. The van der Waals surface area contributed by atoms with Crippen LogP contribution in [0.3, 0.4) is 0 Å². The fourth-order valence-electron chi connectivity index (χ4n) is 0.394. The van der Waals surface area contributed by atoms with E-state index in [2.05, 4.69) is 12.6 Å². The molecule has 60 valence electrons. The molecule has 0 unspecified atom stereocenters. The van der Waals surface area contributed by atoms with Gasteiger partial charge < -0.3 is 10.5 Å². The van der Waals surface area contributed by atoms with E-state index in [1.165, 1.54) is 0 Å². The van der Waals surface area contributed by atoms with E-state index in [4.69, 9.17) is 10.5 Å². The zero-order valence-electron chi connectivity index (χ0n) is 6.20. The van der Waals surface area contributed by atoms with Gasteiger partial charge in [0.15, 0.2) is 0 Å². The molecular weight excluding hydrogens is 150 g/mol. The lowest BCUT2D eigenvalue weighted by Gasteiger charge is -2.10. The van der Waals surface area contributed by atoms with Crippen molar-refractivity contribution in [2.45, 2.75) is 26.0 Å². The van der Waals surface area contributed by atoms with Crippen molar-refractivity contribution in [1.29, 1.82) is 0 Å². The Morgan fingerprint density at radius 2 is 2.20 bits per heavy atom. The Hall–Kier alpha value is -0.220. The van der Waals surface area contributed by atoms with Crippen LogP contribution in [0.15, 0.2) is 0 Å². The minimum atomic E-state index is -0.592. The molecule has 0 aromatic heterocycles. The highest BCUT2D eigenvalue weighted by Gasteiger charge is 2.13. The molecular formula is C6H13NO2S. The Balaban J connectivity index is 3.62. The van der Waals surface area contributed by atoms with Gasteiger partial charge in [0.05, 0.1) is 6.10 Å². The first-order chi connectivity index (χ1) is 4.57. The van der Waals surface area contributed by atoms with Crippen LogP contribution in [0.4, 0.5) is 0 Å². The van der Waals surface area contributed by atoms with Gasteiger partial charge in [0.25, 0.3) is 0 Å². The highest BCUT2D eigenvalue weighted by molar-refractivity contribution is 7.80. The summed E-state index contributed by atoms with van der Waals surface area (Å²) in [4.78, 5) is 10.8. The highest BCUT2D eigenvalue weighted by atomic mass is 32.1. The van der Waals surface area contributed by atoms with E-state index in [-0.39, 0.29) is 12.1 Å². The van der Waals surface area contributed by atoms with E-state index in [0.717, 1.165) is 0 Å². The molecule has 3 nitrogen and oxygen atoms in total. The standard InChI is InChI=1S/C6H13NO2S/c1-4(2)9-6(8)5(7)3-10/h4-5,10H,3,7H2,1-2H3/t5-/m0/s1. The van der Waals surface area contributed by atoms with Crippen LogP contribution in [-0.2, 0) is 9.53 Å². The Bertz CT molecular complexity index is 116. The van der Waals surface area contributed by atoms with Crippen LogP contribution in [0.1, 0.15) is 13.8 Å². The van der Waals surface area contributed by atoms with E-state index >= 15 is 0 Å². The minimum Gasteiger partial charge on any atom is -0.462 e. The Labute approximate surface area is 66.3 Å². The number of thiol groups is 1. The van der Waals surface area contributed by atoms with Crippen molar-refractivity contribution in [1.82, 2.24) is 0 Å². The van der Waals surface area contributed by atoms with Gasteiger partial charge in [0.2, 0.25) is 0 Å². The number of hydrogen-bond donors (Lipinski definition) is 2. The monoisotopic (exact) mass is 163 g/mol. The molecule has 0 aliphatic carbocycles. The molecule has 0 aliphatic rings. The normalized spacial score (nSPS) is 13.3. The quantitative estimate of drug-likeness (QED) is 0.461. The Morgan fingerprint density at radius 1 is 1.70 bits per heavy atom. The maximum atomic E-state index is 10.8. The maximum Gasteiger partial charge on any atom is 0.324 e. The molecule has 2 N–H and O–H groups in total. The number of esters is 1. The summed E-state index contributed by atoms with van der Waals surface area (Å²) >= 11 is 3.85. The SMILES string of the molecule is CC(C)OC(=O)[C@@H](N)CS. The fourth-order valence-corrected chi connectivity index (χ4v) is 0.543. The van der Waals surface area contributed by atoms with Gasteiger partial charge >= 0.3 is 5.97 Å². The van der Waals surface area contributed by atoms with Gasteiger partial charge in [0, 0.05) is 5.75 Å². The first-order valence-electron chi connectivity index (χ1n) is 3.15. The molecule has 4 heteroatoms. The van der Waals surface area contributed by atoms with Crippen LogP contribution in [0.25, 0.3) is 0 Å². The number of ether oxygens (including phenoxy) is 1. The molecule has 0 rings (SSSR count). The molecule has 0 radical (unpaired) electrons. The second-order valence-corrected chi connectivity index (χ2v) is 2.64. The van der Waals surface area contributed by atoms with Crippen LogP contribution in [0, 0.1) is 0 Å². The lowest BCUT2D eigenvalue weighted by molar-refractivity contribution is -0.148. The molecule has 0 amide bonds. The van der Waals surface area contributed by atoms with Crippen molar-refractivity contribution < 1.29 is 9.53 Å². The number of rotatable bonds is 3. The third-order valence-electron chi connectivity index (χ3n) is 0.851. The van der Waals surface area contributed by atoms with Gasteiger partial charge in [-0.05, 0) is 13.8 Å². The second kappa shape index (κ2) is 4.57. The van der Waals surface area contributed by atoms with Crippen molar-refractivity contribution in [3.63, 3.8) is 0 Å². The molecule has 0 fully saturated rings. The van der Waals surface area contributed by atoms with Crippen LogP contribution >= 0.6 is 12.6 Å². The molecule has 0 aromatic rings. The first kappa shape index (κ1) is 9.78. The van der Waals surface area contributed by atoms with E-state index in [0.29, 0.717) is 5.75 Å². The summed E-state index contributed by atoms with van der Waals surface area (Å²) in [6.07, 6.45) is -0.0987. The zero-order chi connectivity index (χ0) is 8.15. The third-order valence-corrected chi connectivity index (χ3v) is 1.24. The fraction of sp³-hybridized carbons (Fsp3) is 0.833. The molecule has 0 spiro atoms. The van der Waals surface area contributed by atoms with E-state index in [1.807, 2.05) is 0 Å². The molecule has 0 saturated carbocycles. The van der Waals surface area contributed by atoms with Gasteiger partial charge in [-0.3, -0.25) is 4.79 Å². The van der Waals surface area contributed by atoms with Gasteiger partial charge in [-0.15, -0.1) is 0 Å². The van der Waals surface area contributed by atoms with Crippen LogP contribution < -0.4 is 5.73 Å². The maximum absolute atomic E-state index is 10.8. The first-order valence-corrected chi connectivity index (χ1v) is 3.78. The molecule has 1 atom stereocenters. The number of carbonyl (C=O) groups excluding carboxylic acids is 1. The number of nitrogens with two attached hydrogens (primary N) is 1. The summed E-state index contributed by atoms with van der Waals surface area (Å²) in [6.45, 7) is 3.56. The van der Waals surface area contributed by atoms with E-state index in [1.54, 1.807) is 13.8 Å². The Morgan fingerprint density at radius 3 is 2.50 bits per heavy atom. The Kier molecular flexibility index (Phi) is 4.47.